The van der Waals surface area contributed by atoms with Crippen molar-refractivity contribution in [1.29, 1.82) is 0 Å². The molecule has 0 aliphatic carbocycles. The number of carbonyl (C=O) groups excluding carboxylic acids is 1. The van der Waals surface area contributed by atoms with Crippen LogP contribution in [0.5, 0.6) is 0 Å². The van der Waals surface area contributed by atoms with E-state index >= 15 is 0 Å². The highest BCUT2D eigenvalue weighted by atomic mass is 16.5. The second-order valence-electron chi connectivity index (χ2n) is 7.43. The first kappa shape index (κ1) is 21.5. The van der Waals surface area contributed by atoms with E-state index < -0.39 is 0 Å². The first-order valence-electron chi connectivity index (χ1n) is 10.4. The van der Waals surface area contributed by atoms with Crippen molar-refractivity contribution in [3.05, 3.63) is 65.7 Å². The highest BCUT2D eigenvalue weighted by Gasteiger charge is 2.12. The molecule has 0 saturated carbocycles. The van der Waals surface area contributed by atoms with Crippen LogP contribution >= 0.6 is 0 Å². The molecule has 1 amide bonds. The number of nitrogens with zero attached hydrogens (tertiary/aromatic N) is 2. The molecule has 6 heteroatoms. The van der Waals surface area contributed by atoms with Gasteiger partial charge in [0, 0.05) is 45.0 Å². The third-order valence-corrected chi connectivity index (χ3v) is 5.12. The predicted octanol–water partition coefficient (Wildman–Crippen LogP) is 1.96. The molecule has 0 bridgehead atoms. The van der Waals surface area contributed by atoms with Crippen molar-refractivity contribution in [3.8, 4) is 0 Å². The number of benzene rings is 2. The third kappa shape index (κ3) is 7.59. The quantitative estimate of drug-likeness (QED) is 0.642. The Kier molecular flexibility index (Phi) is 8.64. The normalized spacial score (nSPS) is 14.8. The van der Waals surface area contributed by atoms with E-state index in [2.05, 4.69) is 39.4 Å². The van der Waals surface area contributed by atoms with Crippen LogP contribution < -0.4 is 11.1 Å². The summed E-state index contributed by atoms with van der Waals surface area (Å²) in [7, 11) is 0. The van der Waals surface area contributed by atoms with Gasteiger partial charge in [0.15, 0.2) is 0 Å². The van der Waals surface area contributed by atoms with Gasteiger partial charge in [-0.15, -0.1) is 0 Å². The zero-order chi connectivity index (χ0) is 20.3. The molecule has 0 radical (unpaired) electrons. The van der Waals surface area contributed by atoms with Crippen molar-refractivity contribution in [2.45, 2.75) is 13.0 Å². The van der Waals surface area contributed by atoms with Gasteiger partial charge in [-0.1, -0.05) is 42.5 Å². The number of amides is 1. The summed E-state index contributed by atoms with van der Waals surface area (Å²) < 4.78 is 5.39. The molecule has 1 aliphatic rings. The van der Waals surface area contributed by atoms with Gasteiger partial charge in [0.05, 0.1) is 19.8 Å². The fourth-order valence-electron chi connectivity index (χ4n) is 3.50. The minimum absolute atomic E-state index is 0.00700. The Morgan fingerprint density at radius 1 is 1.00 bits per heavy atom. The molecule has 1 saturated heterocycles. The van der Waals surface area contributed by atoms with Crippen LogP contribution in [0.3, 0.4) is 0 Å². The van der Waals surface area contributed by atoms with E-state index in [1.165, 1.54) is 11.1 Å². The first-order valence-corrected chi connectivity index (χ1v) is 10.4. The largest absolute Gasteiger partial charge is 0.379 e. The molecule has 6 nitrogen and oxygen atoms in total. The smallest absolute Gasteiger partial charge is 0.238 e. The van der Waals surface area contributed by atoms with E-state index in [1.54, 1.807) is 0 Å². The van der Waals surface area contributed by atoms with Gasteiger partial charge in [0.1, 0.15) is 0 Å². The number of anilines is 1. The SMILES string of the molecule is NCCN(CCc1ccccc1)CC(=O)Nc1ccc(CN2CCOCC2)cc1. The van der Waals surface area contributed by atoms with Crippen LogP contribution in [-0.2, 0) is 22.5 Å². The summed E-state index contributed by atoms with van der Waals surface area (Å²) in [5.74, 6) is -0.00700. The second-order valence-corrected chi connectivity index (χ2v) is 7.43. The first-order chi connectivity index (χ1) is 14.2. The number of morpholine rings is 1. The molecule has 0 unspecified atom stereocenters. The Morgan fingerprint density at radius 3 is 2.41 bits per heavy atom. The topological polar surface area (TPSA) is 70.8 Å². The van der Waals surface area contributed by atoms with Crippen LogP contribution in [0.1, 0.15) is 11.1 Å². The van der Waals surface area contributed by atoms with E-state index in [0.717, 1.165) is 51.5 Å². The minimum atomic E-state index is -0.00700. The molecule has 1 heterocycles. The predicted molar refractivity (Wildman–Crippen MR) is 117 cm³/mol. The maximum absolute atomic E-state index is 12.5. The van der Waals surface area contributed by atoms with Gasteiger partial charge in [0.2, 0.25) is 5.91 Å². The summed E-state index contributed by atoms with van der Waals surface area (Å²) >= 11 is 0. The lowest BCUT2D eigenvalue weighted by Gasteiger charge is -2.26. The summed E-state index contributed by atoms with van der Waals surface area (Å²) in [6.45, 7) is 6.87. The average Bonchev–Trinajstić information content (AvgIpc) is 2.75. The highest BCUT2D eigenvalue weighted by molar-refractivity contribution is 5.92. The monoisotopic (exact) mass is 396 g/mol. The molecule has 1 fully saturated rings. The van der Waals surface area contributed by atoms with Gasteiger partial charge < -0.3 is 15.8 Å². The molecule has 1 aliphatic heterocycles. The van der Waals surface area contributed by atoms with E-state index in [9.17, 15) is 4.79 Å². The number of carbonyl (C=O) groups is 1. The minimum Gasteiger partial charge on any atom is -0.379 e. The van der Waals surface area contributed by atoms with Gasteiger partial charge in [-0.05, 0) is 29.7 Å². The van der Waals surface area contributed by atoms with Crippen LogP contribution in [-0.4, -0.2) is 68.2 Å². The molecule has 3 N–H and O–H groups in total. The number of nitrogens with one attached hydrogen (secondary N) is 1. The summed E-state index contributed by atoms with van der Waals surface area (Å²) in [6, 6.07) is 18.4. The van der Waals surface area contributed by atoms with Crippen molar-refractivity contribution in [2.75, 3.05) is 57.8 Å². The van der Waals surface area contributed by atoms with Crippen molar-refractivity contribution in [1.82, 2.24) is 9.80 Å². The highest BCUT2D eigenvalue weighted by Crippen LogP contribution is 2.12. The average molecular weight is 397 g/mol. The summed E-state index contributed by atoms with van der Waals surface area (Å²) in [6.07, 6.45) is 0.907. The van der Waals surface area contributed by atoms with Crippen LogP contribution in [0.15, 0.2) is 54.6 Å². The van der Waals surface area contributed by atoms with Crippen molar-refractivity contribution < 1.29 is 9.53 Å². The summed E-state index contributed by atoms with van der Waals surface area (Å²) in [5, 5.41) is 3.00. The zero-order valence-corrected chi connectivity index (χ0v) is 17.1. The maximum Gasteiger partial charge on any atom is 0.238 e. The zero-order valence-electron chi connectivity index (χ0n) is 17.1. The van der Waals surface area contributed by atoms with E-state index in [1.807, 2.05) is 30.3 Å². The summed E-state index contributed by atoms with van der Waals surface area (Å²) in [5.41, 5.74) is 9.08. The standard InChI is InChI=1S/C23H32N4O2/c24-11-13-26(12-10-20-4-2-1-3-5-20)19-23(28)25-22-8-6-21(7-9-22)18-27-14-16-29-17-15-27/h1-9H,10-19,24H2,(H,25,28). The van der Waals surface area contributed by atoms with E-state index in [-0.39, 0.29) is 5.91 Å². The Labute approximate surface area is 173 Å². The lowest BCUT2D eigenvalue weighted by atomic mass is 10.1. The van der Waals surface area contributed by atoms with E-state index in [4.69, 9.17) is 10.5 Å². The number of ether oxygens (including phenoxy) is 1. The third-order valence-electron chi connectivity index (χ3n) is 5.12. The fourth-order valence-corrected chi connectivity index (χ4v) is 3.50. The van der Waals surface area contributed by atoms with Crippen LogP contribution in [0.2, 0.25) is 0 Å². The molecule has 156 valence electrons. The van der Waals surface area contributed by atoms with Gasteiger partial charge in [-0.3, -0.25) is 14.6 Å². The molecule has 3 rings (SSSR count). The number of hydrogen-bond donors (Lipinski definition) is 2. The van der Waals surface area contributed by atoms with Crippen LogP contribution in [0.25, 0.3) is 0 Å². The molecular weight excluding hydrogens is 364 g/mol. The molecular formula is C23H32N4O2. The molecule has 29 heavy (non-hydrogen) atoms. The number of nitrogens with two attached hydrogens (primary N) is 1. The number of hydrogen-bond acceptors (Lipinski definition) is 5. The Hall–Kier alpha value is -2.25. The molecule has 0 spiro atoms. The molecule has 0 aromatic heterocycles. The van der Waals surface area contributed by atoms with Crippen LogP contribution in [0, 0.1) is 0 Å². The molecule has 2 aromatic carbocycles. The van der Waals surface area contributed by atoms with Gasteiger partial charge in [-0.25, -0.2) is 0 Å². The molecule has 0 atom stereocenters. The lowest BCUT2D eigenvalue weighted by molar-refractivity contribution is -0.117. The Morgan fingerprint density at radius 2 is 1.72 bits per heavy atom. The fraction of sp³-hybridized carbons (Fsp3) is 0.435. The van der Waals surface area contributed by atoms with Crippen molar-refractivity contribution in [2.24, 2.45) is 5.73 Å². The second kappa shape index (κ2) is 11.7. The van der Waals surface area contributed by atoms with Gasteiger partial charge in [0.25, 0.3) is 0 Å². The summed E-state index contributed by atoms with van der Waals surface area (Å²) in [4.78, 5) is 17.0. The lowest BCUT2D eigenvalue weighted by Crippen LogP contribution is -2.38. The number of rotatable bonds is 10. The maximum atomic E-state index is 12.5. The van der Waals surface area contributed by atoms with Gasteiger partial charge >= 0.3 is 0 Å². The molecule has 2 aromatic rings. The Bertz CT molecular complexity index is 730. The van der Waals surface area contributed by atoms with Crippen LogP contribution in [0.4, 0.5) is 5.69 Å². The van der Waals surface area contributed by atoms with Crippen molar-refractivity contribution >= 4 is 11.6 Å². The van der Waals surface area contributed by atoms with Gasteiger partial charge in [-0.2, -0.15) is 0 Å². The Balaban J connectivity index is 1.46. The van der Waals surface area contributed by atoms with E-state index in [0.29, 0.717) is 19.6 Å². The van der Waals surface area contributed by atoms with Crippen molar-refractivity contribution in [3.63, 3.8) is 0 Å².